The first-order valence-corrected chi connectivity index (χ1v) is 8.81. The number of fused-ring (bicyclic) bond motifs is 1. The van der Waals surface area contributed by atoms with Gasteiger partial charge in [0.2, 0.25) is 0 Å². The van der Waals surface area contributed by atoms with Crippen LogP contribution in [0.5, 0.6) is 0 Å². The maximum atomic E-state index is 7.04. The molecular weight excluding hydrogens is 320 g/mol. The summed E-state index contributed by atoms with van der Waals surface area (Å²) in [7, 11) is 0. The molecular formula is C23H22N2O. The van der Waals surface area contributed by atoms with Gasteiger partial charge in [0.15, 0.2) is 0 Å². The Labute approximate surface area is 154 Å². The van der Waals surface area contributed by atoms with Crippen molar-refractivity contribution in [1.82, 2.24) is 4.98 Å². The molecule has 3 heteroatoms. The molecule has 1 aromatic heterocycles. The molecule has 0 amide bonds. The molecule has 130 valence electrons. The fraction of sp³-hybridized carbons (Fsp3) is 0.174. The number of hydrogen-bond acceptors (Lipinski definition) is 3. The molecule has 26 heavy (non-hydrogen) atoms. The second-order valence-corrected chi connectivity index (χ2v) is 6.73. The SMILES string of the molecule is C=C1c2cnccc2[C@@](N)(c2ccccc2)[C@@H]1COCc1ccccc1. The second kappa shape index (κ2) is 6.87. The van der Waals surface area contributed by atoms with Gasteiger partial charge >= 0.3 is 0 Å². The van der Waals surface area contributed by atoms with E-state index in [0.717, 1.165) is 27.8 Å². The van der Waals surface area contributed by atoms with Crippen LogP contribution in [-0.4, -0.2) is 11.6 Å². The summed E-state index contributed by atoms with van der Waals surface area (Å²) in [6.07, 6.45) is 3.66. The van der Waals surface area contributed by atoms with Crippen molar-refractivity contribution in [2.75, 3.05) is 6.61 Å². The van der Waals surface area contributed by atoms with E-state index < -0.39 is 5.54 Å². The number of nitrogens with two attached hydrogens (primary N) is 1. The Hall–Kier alpha value is -2.75. The lowest BCUT2D eigenvalue weighted by atomic mass is 9.78. The molecule has 4 rings (SSSR count). The van der Waals surface area contributed by atoms with Crippen LogP contribution in [0, 0.1) is 5.92 Å². The van der Waals surface area contributed by atoms with E-state index in [-0.39, 0.29) is 5.92 Å². The number of benzene rings is 2. The standard InChI is InChI=1S/C23H22N2O/c1-17-20-14-25-13-12-21(20)23(24,19-10-6-3-7-11-19)22(17)16-26-15-18-8-4-2-5-9-18/h2-14,22H,1,15-16,24H2/t22-,23+/m1/s1. The minimum Gasteiger partial charge on any atom is -0.376 e. The van der Waals surface area contributed by atoms with Crippen molar-refractivity contribution in [3.8, 4) is 0 Å². The van der Waals surface area contributed by atoms with E-state index in [9.17, 15) is 0 Å². The van der Waals surface area contributed by atoms with E-state index in [1.807, 2.05) is 48.7 Å². The molecule has 0 radical (unpaired) electrons. The third-order valence-electron chi connectivity index (χ3n) is 5.23. The summed E-state index contributed by atoms with van der Waals surface area (Å²) in [4.78, 5) is 4.27. The summed E-state index contributed by atoms with van der Waals surface area (Å²) in [6.45, 7) is 5.39. The quantitative estimate of drug-likeness (QED) is 0.758. The third-order valence-corrected chi connectivity index (χ3v) is 5.23. The molecule has 0 fully saturated rings. The molecule has 0 spiro atoms. The highest BCUT2D eigenvalue weighted by molar-refractivity contribution is 5.77. The summed E-state index contributed by atoms with van der Waals surface area (Å²) in [6, 6.07) is 22.4. The maximum absolute atomic E-state index is 7.04. The van der Waals surface area contributed by atoms with E-state index in [2.05, 4.69) is 35.8 Å². The fourth-order valence-electron chi connectivity index (χ4n) is 3.83. The predicted molar refractivity (Wildman–Crippen MR) is 104 cm³/mol. The zero-order valence-electron chi connectivity index (χ0n) is 14.6. The minimum absolute atomic E-state index is 0.0344. The van der Waals surface area contributed by atoms with Crippen molar-refractivity contribution in [2.24, 2.45) is 11.7 Å². The van der Waals surface area contributed by atoms with Crippen molar-refractivity contribution in [3.63, 3.8) is 0 Å². The summed E-state index contributed by atoms with van der Waals surface area (Å²) >= 11 is 0. The molecule has 2 atom stereocenters. The van der Waals surface area contributed by atoms with Crippen LogP contribution in [0.3, 0.4) is 0 Å². The first-order valence-electron chi connectivity index (χ1n) is 8.81. The highest BCUT2D eigenvalue weighted by atomic mass is 16.5. The Balaban J connectivity index is 1.65. The van der Waals surface area contributed by atoms with E-state index in [4.69, 9.17) is 10.5 Å². The van der Waals surface area contributed by atoms with E-state index in [1.54, 1.807) is 6.20 Å². The molecule has 1 aliphatic rings. The van der Waals surface area contributed by atoms with Crippen molar-refractivity contribution in [1.29, 1.82) is 0 Å². The lowest BCUT2D eigenvalue weighted by molar-refractivity contribution is 0.0867. The fourth-order valence-corrected chi connectivity index (χ4v) is 3.83. The normalized spacial score (nSPS) is 21.6. The van der Waals surface area contributed by atoms with E-state index in [1.165, 1.54) is 0 Å². The maximum Gasteiger partial charge on any atom is 0.0764 e. The Morgan fingerprint density at radius 1 is 1.00 bits per heavy atom. The first kappa shape index (κ1) is 16.7. The molecule has 0 unspecified atom stereocenters. The number of pyridine rings is 1. The third kappa shape index (κ3) is 2.75. The summed E-state index contributed by atoms with van der Waals surface area (Å²) in [5, 5.41) is 0. The van der Waals surface area contributed by atoms with Gasteiger partial charge in [-0.15, -0.1) is 0 Å². The van der Waals surface area contributed by atoms with Crippen LogP contribution < -0.4 is 5.73 Å². The predicted octanol–water partition coefficient (Wildman–Crippen LogP) is 4.14. The van der Waals surface area contributed by atoms with Gasteiger partial charge in [-0.1, -0.05) is 67.2 Å². The Morgan fingerprint density at radius 2 is 1.69 bits per heavy atom. The number of rotatable bonds is 5. The van der Waals surface area contributed by atoms with Crippen LogP contribution in [0.1, 0.15) is 22.3 Å². The number of hydrogen-bond donors (Lipinski definition) is 1. The summed E-state index contributed by atoms with van der Waals surface area (Å²) < 4.78 is 6.06. The lowest BCUT2D eigenvalue weighted by Crippen LogP contribution is -2.44. The molecule has 1 aliphatic carbocycles. The highest BCUT2D eigenvalue weighted by Crippen LogP contribution is 2.49. The van der Waals surface area contributed by atoms with Gasteiger partial charge in [0.1, 0.15) is 0 Å². The lowest BCUT2D eigenvalue weighted by Gasteiger charge is -2.33. The van der Waals surface area contributed by atoms with Crippen molar-refractivity contribution >= 4 is 5.57 Å². The molecule has 0 saturated heterocycles. The summed E-state index contributed by atoms with van der Waals surface area (Å²) in [5.41, 5.74) is 11.7. The molecule has 3 aromatic rings. The van der Waals surface area contributed by atoms with E-state index in [0.29, 0.717) is 13.2 Å². The van der Waals surface area contributed by atoms with Crippen LogP contribution in [-0.2, 0) is 16.9 Å². The Bertz CT molecular complexity index is 908. The highest BCUT2D eigenvalue weighted by Gasteiger charge is 2.47. The average molecular weight is 342 g/mol. The van der Waals surface area contributed by atoms with Gasteiger partial charge in [-0.2, -0.15) is 0 Å². The van der Waals surface area contributed by atoms with Crippen LogP contribution in [0.2, 0.25) is 0 Å². The largest absolute Gasteiger partial charge is 0.376 e. The molecule has 0 aliphatic heterocycles. The van der Waals surface area contributed by atoms with Gasteiger partial charge in [0, 0.05) is 23.9 Å². The molecule has 2 aromatic carbocycles. The molecule has 0 bridgehead atoms. The van der Waals surface area contributed by atoms with Gasteiger partial charge in [-0.25, -0.2) is 0 Å². The van der Waals surface area contributed by atoms with Gasteiger partial charge in [0.05, 0.1) is 18.8 Å². The monoisotopic (exact) mass is 342 g/mol. The van der Waals surface area contributed by atoms with Gasteiger partial charge in [0.25, 0.3) is 0 Å². The number of nitrogens with zero attached hydrogens (tertiary/aromatic N) is 1. The van der Waals surface area contributed by atoms with Gasteiger partial charge in [-0.05, 0) is 28.3 Å². The van der Waals surface area contributed by atoms with Gasteiger partial charge in [-0.3, -0.25) is 4.98 Å². The average Bonchev–Trinajstić information content (AvgIpc) is 2.93. The molecule has 0 saturated carbocycles. The van der Waals surface area contributed by atoms with Crippen molar-refractivity contribution in [2.45, 2.75) is 12.1 Å². The van der Waals surface area contributed by atoms with Crippen LogP contribution in [0.15, 0.2) is 85.7 Å². The van der Waals surface area contributed by atoms with Crippen LogP contribution in [0.4, 0.5) is 0 Å². The number of aromatic nitrogens is 1. The number of ether oxygens (including phenoxy) is 1. The topological polar surface area (TPSA) is 48.1 Å². The van der Waals surface area contributed by atoms with Gasteiger partial charge < -0.3 is 10.5 Å². The first-order chi connectivity index (χ1) is 12.7. The zero-order valence-corrected chi connectivity index (χ0v) is 14.6. The molecule has 1 heterocycles. The Kier molecular flexibility index (Phi) is 4.41. The summed E-state index contributed by atoms with van der Waals surface area (Å²) in [5.74, 6) is -0.0344. The van der Waals surface area contributed by atoms with Crippen molar-refractivity contribution < 1.29 is 4.74 Å². The minimum atomic E-state index is -0.659. The second-order valence-electron chi connectivity index (χ2n) is 6.73. The van der Waals surface area contributed by atoms with Crippen LogP contribution >= 0.6 is 0 Å². The molecule has 2 N–H and O–H groups in total. The van der Waals surface area contributed by atoms with Crippen LogP contribution in [0.25, 0.3) is 5.57 Å². The Morgan fingerprint density at radius 3 is 2.42 bits per heavy atom. The smallest absolute Gasteiger partial charge is 0.0764 e. The van der Waals surface area contributed by atoms with E-state index >= 15 is 0 Å². The zero-order chi connectivity index (χ0) is 18.0. The molecule has 3 nitrogen and oxygen atoms in total. The van der Waals surface area contributed by atoms with Crippen molar-refractivity contribution in [3.05, 3.63) is 108 Å².